The van der Waals surface area contributed by atoms with Crippen LogP contribution in [0, 0.1) is 0 Å². The SMILES string of the molecule is CCc1ncc(C(=O)N2CCC(c3nncn3CC)CC2)s1. The first-order valence-corrected chi connectivity index (χ1v) is 8.66. The van der Waals surface area contributed by atoms with E-state index in [1.807, 2.05) is 4.90 Å². The molecule has 0 radical (unpaired) electrons. The number of hydrogen-bond acceptors (Lipinski definition) is 5. The van der Waals surface area contributed by atoms with Crippen LogP contribution in [0.1, 0.15) is 53.1 Å². The molecule has 22 heavy (non-hydrogen) atoms. The van der Waals surface area contributed by atoms with Crippen LogP contribution in [0.3, 0.4) is 0 Å². The third kappa shape index (κ3) is 2.90. The second-order valence-corrected chi connectivity index (χ2v) is 6.63. The molecule has 1 amide bonds. The number of nitrogens with zero attached hydrogens (tertiary/aromatic N) is 5. The van der Waals surface area contributed by atoms with Crippen LogP contribution in [-0.4, -0.2) is 43.6 Å². The summed E-state index contributed by atoms with van der Waals surface area (Å²) < 4.78 is 2.10. The maximum atomic E-state index is 12.5. The zero-order chi connectivity index (χ0) is 15.5. The minimum atomic E-state index is 0.118. The summed E-state index contributed by atoms with van der Waals surface area (Å²) in [5.41, 5.74) is 0. The normalized spacial score (nSPS) is 16.2. The summed E-state index contributed by atoms with van der Waals surface area (Å²) in [6.45, 7) is 6.60. The molecule has 1 fully saturated rings. The standard InChI is InChI=1S/C15H21N5OS/c1-3-13-16-9-12(22-13)15(21)20-7-5-11(6-8-20)14-18-17-10-19(14)4-2/h9-11H,3-8H2,1-2H3. The van der Waals surface area contributed by atoms with Crippen molar-refractivity contribution in [3.05, 3.63) is 28.2 Å². The Kier molecular flexibility index (Phi) is 4.52. The van der Waals surface area contributed by atoms with Gasteiger partial charge in [0.1, 0.15) is 17.0 Å². The number of aryl methyl sites for hydroxylation is 2. The zero-order valence-electron chi connectivity index (χ0n) is 13.0. The highest BCUT2D eigenvalue weighted by molar-refractivity contribution is 7.13. The number of thiazole rings is 1. The van der Waals surface area contributed by atoms with Crippen LogP contribution in [-0.2, 0) is 13.0 Å². The molecule has 2 aromatic rings. The fourth-order valence-electron chi connectivity index (χ4n) is 2.89. The van der Waals surface area contributed by atoms with Crippen LogP contribution >= 0.6 is 11.3 Å². The molecule has 6 nitrogen and oxygen atoms in total. The van der Waals surface area contributed by atoms with Crippen LogP contribution in [0.25, 0.3) is 0 Å². The average Bonchev–Trinajstić information content (AvgIpc) is 3.23. The predicted molar refractivity (Wildman–Crippen MR) is 85.1 cm³/mol. The summed E-state index contributed by atoms with van der Waals surface area (Å²) in [6, 6.07) is 0. The molecule has 1 saturated heterocycles. The van der Waals surface area contributed by atoms with Crippen LogP contribution in [0.2, 0.25) is 0 Å². The third-order valence-corrected chi connectivity index (χ3v) is 5.33. The molecule has 2 aromatic heterocycles. The van der Waals surface area contributed by atoms with Crippen molar-refractivity contribution in [3.8, 4) is 0 Å². The van der Waals surface area contributed by atoms with Crippen LogP contribution < -0.4 is 0 Å². The molecule has 0 atom stereocenters. The number of rotatable bonds is 4. The fraction of sp³-hybridized carbons (Fsp3) is 0.600. The average molecular weight is 319 g/mol. The Bertz CT molecular complexity index is 642. The van der Waals surface area contributed by atoms with Crippen LogP contribution in [0.5, 0.6) is 0 Å². The van der Waals surface area contributed by atoms with E-state index in [1.165, 1.54) is 11.3 Å². The number of carbonyl (C=O) groups excluding carboxylic acids is 1. The molecular weight excluding hydrogens is 298 g/mol. The molecule has 3 heterocycles. The van der Waals surface area contributed by atoms with Gasteiger partial charge in [-0.05, 0) is 26.2 Å². The van der Waals surface area contributed by atoms with E-state index in [0.29, 0.717) is 5.92 Å². The van der Waals surface area contributed by atoms with Gasteiger partial charge in [-0.25, -0.2) is 4.98 Å². The molecule has 1 aliphatic rings. The van der Waals surface area contributed by atoms with Crippen LogP contribution in [0.15, 0.2) is 12.5 Å². The highest BCUT2D eigenvalue weighted by Gasteiger charge is 2.27. The molecule has 3 rings (SSSR count). The number of aromatic nitrogens is 4. The van der Waals surface area contributed by atoms with Crippen molar-refractivity contribution in [2.24, 2.45) is 0 Å². The second kappa shape index (κ2) is 6.56. The molecule has 7 heteroatoms. The lowest BCUT2D eigenvalue weighted by molar-refractivity contribution is 0.0715. The molecule has 1 aliphatic heterocycles. The maximum absolute atomic E-state index is 12.5. The molecule has 0 aromatic carbocycles. The van der Waals surface area contributed by atoms with Crippen molar-refractivity contribution >= 4 is 17.2 Å². The van der Waals surface area contributed by atoms with E-state index in [-0.39, 0.29) is 5.91 Å². The number of hydrogen-bond donors (Lipinski definition) is 0. The Morgan fingerprint density at radius 1 is 1.36 bits per heavy atom. The van der Waals surface area contributed by atoms with Gasteiger partial charge < -0.3 is 9.47 Å². The molecule has 0 bridgehead atoms. The Labute approximate surface area is 134 Å². The van der Waals surface area contributed by atoms with Gasteiger partial charge in [-0.2, -0.15) is 0 Å². The summed E-state index contributed by atoms with van der Waals surface area (Å²) in [6.07, 6.45) is 6.28. The van der Waals surface area contributed by atoms with Crippen molar-refractivity contribution in [2.45, 2.75) is 45.6 Å². The number of amides is 1. The van der Waals surface area contributed by atoms with E-state index >= 15 is 0 Å². The summed E-state index contributed by atoms with van der Waals surface area (Å²) in [4.78, 5) is 19.5. The number of carbonyl (C=O) groups is 1. The molecule has 0 saturated carbocycles. The summed E-state index contributed by atoms with van der Waals surface area (Å²) in [5, 5.41) is 9.29. The first kappa shape index (κ1) is 15.1. The smallest absolute Gasteiger partial charge is 0.265 e. The molecular formula is C15H21N5OS. The van der Waals surface area contributed by atoms with E-state index in [2.05, 4.69) is 33.6 Å². The largest absolute Gasteiger partial charge is 0.338 e. The predicted octanol–water partition coefficient (Wildman–Crippen LogP) is 2.34. The van der Waals surface area contributed by atoms with Gasteiger partial charge >= 0.3 is 0 Å². The summed E-state index contributed by atoms with van der Waals surface area (Å²) in [5.74, 6) is 1.58. The molecule has 0 aliphatic carbocycles. The summed E-state index contributed by atoms with van der Waals surface area (Å²) >= 11 is 1.51. The number of likely N-dealkylation sites (tertiary alicyclic amines) is 1. The quantitative estimate of drug-likeness (QED) is 0.867. The van der Waals surface area contributed by atoms with Gasteiger partial charge in [0.05, 0.1) is 11.2 Å². The van der Waals surface area contributed by atoms with E-state index in [9.17, 15) is 4.79 Å². The maximum Gasteiger partial charge on any atom is 0.265 e. The monoisotopic (exact) mass is 319 g/mol. The molecule has 0 unspecified atom stereocenters. The van der Waals surface area contributed by atoms with Crippen molar-refractivity contribution in [1.29, 1.82) is 0 Å². The van der Waals surface area contributed by atoms with Gasteiger partial charge in [0.15, 0.2) is 0 Å². The van der Waals surface area contributed by atoms with E-state index in [0.717, 1.165) is 54.6 Å². The highest BCUT2D eigenvalue weighted by Crippen LogP contribution is 2.28. The first-order chi connectivity index (χ1) is 10.7. The molecule has 0 N–H and O–H groups in total. The van der Waals surface area contributed by atoms with Crippen molar-refractivity contribution in [3.63, 3.8) is 0 Å². The van der Waals surface area contributed by atoms with Gasteiger partial charge in [0, 0.05) is 25.6 Å². The minimum absolute atomic E-state index is 0.118. The van der Waals surface area contributed by atoms with Gasteiger partial charge in [-0.1, -0.05) is 6.92 Å². The van der Waals surface area contributed by atoms with Crippen molar-refractivity contribution in [2.75, 3.05) is 13.1 Å². The lowest BCUT2D eigenvalue weighted by atomic mass is 9.96. The Hall–Kier alpha value is -1.76. The highest BCUT2D eigenvalue weighted by atomic mass is 32.1. The van der Waals surface area contributed by atoms with Gasteiger partial charge in [0.2, 0.25) is 0 Å². The van der Waals surface area contributed by atoms with E-state index < -0.39 is 0 Å². The van der Waals surface area contributed by atoms with E-state index in [1.54, 1.807) is 12.5 Å². The lowest BCUT2D eigenvalue weighted by Crippen LogP contribution is -2.38. The fourth-order valence-corrected chi connectivity index (χ4v) is 3.72. The first-order valence-electron chi connectivity index (χ1n) is 7.84. The van der Waals surface area contributed by atoms with Crippen molar-refractivity contribution in [1.82, 2.24) is 24.6 Å². The second-order valence-electron chi connectivity index (χ2n) is 5.51. The van der Waals surface area contributed by atoms with E-state index in [4.69, 9.17) is 0 Å². The van der Waals surface area contributed by atoms with Gasteiger partial charge in [-0.15, -0.1) is 21.5 Å². The zero-order valence-corrected chi connectivity index (χ0v) is 13.8. The van der Waals surface area contributed by atoms with Gasteiger partial charge in [-0.3, -0.25) is 4.79 Å². The topological polar surface area (TPSA) is 63.9 Å². The Morgan fingerprint density at radius 3 is 2.77 bits per heavy atom. The molecule has 118 valence electrons. The molecule has 0 spiro atoms. The lowest BCUT2D eigenvalue weighted by Gasteiger charge is -2.31. The van der Waals surface area contributed by atoms with Gasteiger partial charge in [0.25, 0.3) is 5.91 Å². The van der Waals surface area contributed by atoms with Crippen LogP contribution in [0.4, 0.5) is 0 Å². The Morgan fingerprint density at radius 2 is 2.14 bits per heavy atom. The minimum Gasteiger partial charge on any atom is -0.338 e. The van der Waals surface area contributed by atoms with Crippen molar-refractivity contribution < 1.29 is 4.79 Å². The Balaban J connectivity index is 1.63. The number of piperidine rings is 1. The third-order valence-electron chi connectivity index (χ3n) is 4.20. The summed E-state index contributed by atoms with van der Waals surface area (Å²) in [7, 11) is 0.